The first kappa shape index (κ1) is 18.7. The highest BCUT2D eigenvalue weighted by molar-refractivity contribution is 5.91. The minimum Gasteiger partial charge on any atom is -0.493 e. The van der Waals surface area contributed by atoms with E-state index in [9.17, 15) is 5.11 Å². The molecule has 0 saturated heterocycles. The van der Waals surface area contributed by atoms with Crippen molar-refractivity contribution in [2.75, 3.05) is 25.3 Å². The summed E-state index contributed by atoms with van der Waals surface area (Å²) in [6.07, 6.45) is -0.0679. The predicted octanol–water partition coefficient (Wildman–Crippen LogP) is 2.63. The molecule has 3 rings (SSSR count). The molecule has 7 heteroatoms. The number of nitrogens with one attached hydrogen (secondary N) is 1. The van der Waals surface area contributed by atoms with Crippen LogP contribution in [0.25, 0.3) is 10.9 Å². The van der Waals surface area contributed by atoms with Gasteiger partial charge in [-0.2, -0.15) is 4.98 Å². The van der Waals surface area contributed by atoms with Crippen LogP contribution in [0, 0.1) is 0 Å². The number of fused-ring (bicyclic) bond motifs is 1. The third-order valence-corrected chi connectivity index (χ3v) is 4.45. The lowest BCUT2D eigenvalue weighted by molar-refractivity contribution is 0.158. The molecule has 0 fully saturated rings. The minimum absolute atomic E-state index is 0.262. The van der Waals surface area contributed by atoms with Crippen molar-refractivity contribution in [2.24, 2.45) is 0 Å². The molecule has 0 bridgehead atoms. The largest absolute Gasteiger partial charge is 0.493 e. The van der Waals surface area contributed by atoms with Crippen molar-refractivity contribution in [3.63, 3.8) is 0 Å². The molecule has 0 aliphatic heterocycles. The van der Waals surface area contributed by atoms with Crippen LogP contribution in [0.4, 0.5) is 11.8 Å². The molecule has 1 aromatic heterocycles. The van der Waals surface area contributed by atoms with Gasteiger partial charge in [-0.15, -0.1) is 0 Å². The molecule has 0 amide bonds. The van der Waals surface area contributed by atoms with Crippen LogP contribution in [-0.4, -0.2) is 41.4 Å². The highest BCUT2D eigenvalue weighted by Gasteiger charge is 2.17. The van der Waals surface area contributed by atoms with E-state index in [0.29, 0.717) is 40.6 Å². The number of ether oxygens (including phenoxy) is 2. The van der Waals surface area contributed by atoms with Gasteiger partial charge in [0, 0.05) is 17.9 Å². The van der Waals surface area contributed by atoms with Crippen molar-refractivity contribution in [2.45, 2.75) is 25.5 Å². The first-order valence-electron chi connectivity index (χ1n) is 8.69. The number of hydrogen-bond donors (Lipinski definition) is 3. The van der Waals surface area contributed by atoms with Gasteiger partial charge in [-0.25, -0.2) is 4.98 Å². The Kier molecular flexibility index (Phi) is 5.61. The number of anilines is 2. The Morgan fingerprint density at radius 2 is 1.74 bits per heavy atom. The van der Waals surface area contributed by atoms with E-state index in [1.54, 1.807) is 26.4 Å². The van der Waals surface area contributed by atoms with Crippen molar-refractivity contribution in [3.05, 3.63) is 48.0 Å². The lowest BCUT2D eigenvalue weighted by Gasteiger charge is -2.21. The Morgan fingerprint density at radius 3 is 2.41 bits per heavy atom. The van der Waals surface area contributed by atoms with Crippen LogP contribution < -0.4 is 20.5 Å². The maximum atomic E-state index is 10.5. The second-order valence-corrected chi connectivity index (χ2v) is 6.35. The van der Waals surface area contributed by atoms with E-state index in [2.05, 4.69) is 15.3 Å². The number of rotatable bonds is 7. The zero-order valence-electron chi connectivity index (χ0n) is 15.6. The molecular weight excluding hydrogens is 344 g/mol. The van der Waals surface area contributed by atoms with Crippen LogP contribution in [-0.2, 0) is 6.42 Å². The average Bonchev–Trinajstić information content (AvgIpc) is 2.67. The van der Waals surface area contributed by atoms with Gasteiger partial charge in [-0.05, 0) is 18.6 Å². The molecule has 0 saturated carbocycles. The summed E-state index contributed by atoms with van der Waals surface area (Å²) in [5.74, 6) is 1.80. The first-order valence-corrected chi connectivity index (χ1v) is 8.69. The van der Waals surface area contributed by atoms with Gasteiger partial charge in [0.2, 0.25) is 5.95 Å². The number of nitrogens with zero attached hydrogens (tertiary/aromatic N) is 2. The average molecular weight is 368 g/mol. The topological polar surface area (TPSA) is 103 Å². The summed E-state index contributed by atoms with van der Waals surface area (Å²) in [7, 11) is 3.13. The Labute approximate surface area is 158 Å². The highest BCUT2D eigenvalue weighted by atomic mass is 16.5. The monoisotopic (exact) mass is 368 g/mol. The molecule has 27 heavy (non-hydrogen) atoms. The molecule has 3 aromatic rings. The summed E-state index contributed by atoms with van der Waals surface area (Å²) in [6, 6.07) is 13.1. The van der Waals surface area contributed by atoms with E-state index in [0.717, 1.165) is 5.56 Å². The highest BCUT2D eigenvalue weighted by Crippen LogP contribution is 2.33. The van der Waals surface area contributed by atoms with Gasteiger partial charge in [-0.1, -0.05) is 30.3 Å². The van der Waals surface area contributed by atoms with Gasteiger partial charge in [0.05, 0.1) is 31.9 Å². The molecule has 2 unspecified atom stereocenters. The van der Waals surface area contributed by atoms with E-state index < -0.39 is 6.10 Å². The summed E-state index contributed by atoms with van der Waals surface area (Å²) >= 11 is 0. The van der Waals surface area contributed by atoms with Crippen molar-refractivity contribution < 1.29 is 14.6 Å². The van der Waals surface area contributed by atoms with Crippen LogP contribution >= 0.6 is 0 Å². The summed E-state index contributed by atoms with van der Waals surface area (Å²) in [6.45, 7) is 1.88. The van der Waals surface area contributed by atoms with E-state index in [4.69, 9.17) is 15.2 Å². The van der Waals surface area contributed by atoms with Gasteiger partial charge < -0.3 is 25.6 Å². The van der Waals surface area contributed by atoms with Crippen molar-refractivity contribution >= 4 is 22.7 Å². The fraction of sp³-hybridized carbons (Fsp3) is 0.300. The summed E-state index contributed by atoms with van der Waals surface area (Å²) in [4.78, 5) is 8.81. The van der Waals surface area contributed by atoms with E-state index >= 15 is 0 Å². The van der Waals surface area contributed by atoms with Gasteiger partial charge in [-0.3, -0.25) is 0 Å². The Hall–Kier alpha value is -3.06. The normalized spacial score (nSPS) is 13.2. The molecule has 2 aromatic carbocycles. The molecule has 7 nitrogen and oxygen atoms in total. The number of hydrogen-bond acceptors (Lipinski definition) is 7. The number of benzene rings is 2. The Bertz CT molecular complexity index is 918. The van der Waals surface area contributed by atoms with E-state index in [1.807, 2.05) is 37.3 Å². The number of aliphatic hydroxyl groups excluding tert-OH is 1. The second-order valence-electron chi connectivity index (χ2n) is 6.35. The second kappa shape index (κ2) is 8.09. The van der Waals surface area contributed by atoms with Crippen molar-refractivity contribution in [1.29, 1.82) is 0 Å². The number of aliphatic hydroxyl groups is 1. The van der Waals surface area contributed by atoms with Crippen molar-refractivity contribution in [1.82, 2.24) is 9.97 Å². The lowest BCUT2D eigenvalue weighted by atomic mass is 10.0. The van der Waals surface area contributed by atoms with Gasteiger partial charge in [0.25, 0.3) is 0 Å². The van der Waals surface area contributed by atoms with E-state index in [1.165, 1.54) is 0 Å². The van der Waals surface area contributed by atoms with Crippen LogP contribution in [0.2, 0.25) is 0 Å². The molecular formula is C20H24N4O3. The number of nitrogens with two attached hydrogens (primary N) is 1. The number of aromatic nitrogens is 2. The molecule has 1 heterocycles. The van der Waals surface area contributed by atoms with Gasteiger partial charge >= 0.3 is 0 Å². The third-order valence-electron chi connectivity index (χ3n) is 4.45. The quantitative estimate of drug-likeness (QED) is 0.589. The third kappa shape index (κ3) is 4.20. The molecule has 0 aliphatic rings. The van der Waals surface area contributed by atoms with Crippen molar-refractivity contribution in [3.8, 4) is 11.5 Å². The molecule has 0 radical (unpaired) electrons. The van der Waals surface area contributed by atoms with Crippen LogP contribution in [0.1, 0.15) is 12.5 Å². The Morgan fingerprint density at radius 1 is 1.07 bits per heavy atom. The predicted molar refractivity (Wildman–Crippen MR) is 106 cm³/mol. The zero-order valence-corrected chi connectivity index (χ0v) is 15.6. The molecule has 142 valence electrons. The number of methoxy groups -OCH3 is 2. The maximum Gasteiger partial charge on any atom is 0.225 e. The summed E-state index contributed by atoms with van der Waals surface area (Å²) in [5, 5.41) is 14.3. The summed E-state index contributed by atoms with van der Waals surface area (Å²) in [5.41, 5.74) is 7.79. The zero-order chi connectivity index (χ0) is 19.4. The SMILES string of the molecule is COc1cc2nc(NC(C)C(O)Cc3ccccc3)nc(N)c2cc1OC. The number of nitrogen functional groups attached to an aromatic ring is 1. The smallest absolute Gasteiger partial charge is 0.225 e. The molecule has 0 spiro atoms. The standard InChI is InChI=1S/C20H24N4O3/c1-12(16(25)9-13-7-5-4-6-8-13)22-20-23-15-11-18(27-3)17(26-2)10-14(15)19(21)24-20/h4-8,10-12,16,25H,9H2,1-3H3,(H3,21,22,23,24). The first-order chi connectivity index (χ1) is 13.0. The molecule has 2 atom stereocenters. The fourth-order valence-electron chi connectivity index (χ4n) is 2.88. The minimum atomic E-state index is -0.599. The van der Waals surface area contributed by atoms with Gasteiger partial charge in [0.15, 0.2) is 11.5 Å². The van der Waals surface area contributed by atoms with Crippen LogP contribution in [0.3, 0.4) is 0 Å². The lowest BCUT2D eigenvalue weighted by Crippen LogP contribution is -2.33. The maximum absolute atomic E-state index is 10.5. The molecule has 0 aliphatic carbocycles. The fourth-order valence-corrected chi connectivity index (χ4v) is 2.88. The van der Waals surface area contributed by atoms with Crippen LogP contribution in [0.5, 0.6) is 11.5 Å². The van der Waals surface area contributed by atoms with E-state index in [-0.39, 0.29) is 6.04 Å². The molecule has 4 N–H and O–H groups in total. The summed E-state index contributed by atoms with van der Waals surface area (Å²) < 4.78 is 10.6. The van der Waals surface area contributed by atoms with Gasteiger partial charge in [0.1, 0.15) is 5.82 Å². The Balaban J connectivity index is 1.81. The van der Waals surface area contributed by atoms with Crippen LogP contribution in [0.15, 0.2) is 42.5 Å².